The number of aromatic amines is 1. The quantitative estimate of drug-likeness (QED) is 0.829. The predicted molar refractivity (Wildman–Crippen MR) is 62.2 cm³/mol. The zero-order valence-electron chi connectivity index (χ0n) is 9.09. The van der Waals surface area contributed by atoms with Gasteiger partial charge in [-0.15, -0.1) is 0 Å². The average Bonchev–Trinajstić information content (AvgIpc) is 2.69. The van der Waals surface area contributed by atoms with E-state index in [1.807, 2.05) is 30.3 Å². The molecule has 0 saturated heterocycles. The van der Waals surface area contributed by atoms with Gasteiger partial charge in [0.15, 0.2) is 0 Å². The summed E-state index contributed by atoms with van der Waals surface area (Å²) in [7, 11) is 0. The fourth-order valence-electron chi connectivity index (χ4n) is 1.67. The Morgan fingerprint density at radius 1 is 1.29 bits per heavy atom. The second kappa shape index (κ2) is 4.69. The molecule has 0 atom stereocenters. The maximum Gasteiger partial charge on any atom is 0.354 e. The first-order valence-corrected chi connectivity index (χ1v) is 5.24. The Morgan fingerprint density at radius 3 is 2.65 bits per heavy atom. The molecule has 5 heteroatoms. The number of nitrogens with one attached hydrogen (secondary N) is 1. The average molecular weight is 232 g/mol. The lowest BCUT2D eigenvalue weighted by Gasteiger charge is -2.05. The predicted octanol–water partition coefficient (Wildman–Crippen LogP) is 1.12. The minimum atomic E-state index is -1.10. The number of carboxylic acids is 1. The van der Waals surface area contributed by atoms with Gasteiger partial charge in [0, 0.05) is 12.6 Å². The second-order valence-electron chi connectivity index (χ2n) is 3.70. The molecule has 0 fully saturated rings. The van der Waals surface area contributed by atoms with Crippen molar-refractivity contribution in [1.82, 2.24) is 9.78 Å². The molecular formula is C12H12N2O3. The van der Waals surface area contributed by atoms with Crippen LogP contribution >= 0.6 is 0 Å². The first-order chi connectivity index (χ1) is 8.16. The lowest BCUT2D eigenvalue weighted by molar-refractivity contribution is 0.0683. The Morgan fingerprint density at radius 2 is 2.00 bits per heavy atom. The summed E-state index contributed by atoms with van der Waals surface area (Å²) in [5, 5.41) is 11.4. The fraction of sp³-hybridized carbons (Fsp3) is 0.167. The Hall–Kier alpha value is -2.30. The van der Waals surface area contributed by atoms with Crippen LogP contribution in [0.2, 0.25) is 0 Å². The summed E-state index contributed by atoms with van der Waals surface area (Å²) in [4.78, 5) is 22.0. The number of benzene rings is 1. The summed E-state index contributed by atoms with van der Waals surface area (Å²) in [6.07, 6.45) is 0.672. The topological polar surface area (TPSA) is 75.1 Å². The smallest absolute Gasteiger partial charge is 0.354 e. The molecular weight excluding hydrogens is 220 g/mol. The van der Waals surface area contributed by atoms with E-state index in [0.717, 1.165) is 11.6 Å². The van der Waals surface area contributed by atoms with Gasteiger partial charge in [-0.1, -0.05) is 30.3 Å². The molecule has 2 N–H and O–H groups in total. The van der Waals surface area contributed by atoms with E-state index in [1.54, 1.807) is 0 Å². The molecule has 2 rings (SSSR count). The van der Waals surface area contributed by atoms with Gasteiger partial charge in [0.25, 0.3) is 5.56 Å². The lowest BCUT2D eigenvalue weighted by atomic mass is 10.1. The lowest BCUT2D eigenvalue weighted by Crippen LogP contribution is -2.12. The van der Waals surface area contributed by atoms with E-state index in [2.05, 4.69) is 5.10 Å². The van der Waals surface area contributed by atoms with Gasteiger partial charge in [-0.05, 0) is 12.0 Å². The number of aryl methyl sites for hydroxylation is 2. The minimum Gasteiger partial charge on any atom is -0.477 e. The van der Waals surface area contributed by atoms with Crippen LogP contribution in [0.25, 0.3) is 0 Å². The second-order valence-corrected chi connectivity index (χ2v) is 3.70. The van der Waals surface area contributed by atoms with Crippen molar-refractivity contribution in [1.29, 1.82) is 0 Å². The molecule has 0 unspecified atom stereocenters. The molecule has 0 amide bonds. The van der Waals surface area contributed by atoms with Crippen LogP contribution in [0.5, 0.6) is 0 Å². The molecule has 1 aromatic heterocycles. The summed E-state index contributed by atoms with van der Waals surface area (Å²) < 4.78 is 1.36. The maximum atomic E-state index is 11.1. The van der Waals surface area contributed by atoms with Gasteiger partial charge < -0.3 is 5.11 Å². The highest BCUT2D eigenvalue weighted by Crippen LogP contribution is 2.03. The largest absolute Gasteiger partial charge is 0.477 e. The van der Waals surface area contributed by atoms with Crippen LogP contribution in [0.1, 0.15) is 16.1 Å². The monoisotopic (exact) mass is 232 g/mol. The van der Waals surface area contributed by atoms with E-state index < -0.39 is 11.5 Å². The molecule has 0 aliphatic carbocycles. The molecule has 1 aromatic carbocycles. The van der Waals surface area contributed by atoms with Crippen molar-refractivity contribution in [2.75, 3.05) is 0 Å². The molecule has 0 spiro atoms. The maximum absolute atomic E-state index is 11.1. The Bertz CT molecular complexity index is 569. The molecule has 0 radical (unpaired) electrons. The molecule has 1 heterocycles. The summed E-state index contributed by atoms with van der Waals surface area (Å²) >= 11 is 0. The zero-order chi connectivity index (χ0) is 12.3. The first kappa shape index (κ1) is 11.2. The van der Waals surface area contributed by atoms with Crippen LogP contribution < -0.4 is 5.56 Å². The van der Waals surface area contributed by atoms with E-state index in [1.165, 1.54) is 4.68 Å². The minimum absolute atomic E-state index is 0.00840. The van der Waals surface area contributed by atoms with Gasteiger partial charge in [0.2, 0.25) is 0 Å². The number of carboxylic acid groups (broad SMARTS) is 1. The van der Waals surface area contributed by atoms with Gasteiger partial charge in [-0.25, -0.2) is 4.79 Å². The molecule has 5 nitrogen and oxygen atoms in total. The summed E-state index contributed by atoms with van der Waals surface area (Å²) in [5.41, 5.74) is 0.694. The highest BCUT2D eigenvalue weighted by atomic mass is 16.4. The number of hydrogen-bond donors (Lipinski definition) is 2. The van der Waals surface area contributed by atoms with Crippen molar-refractivity contribution < 1.29 is 9.90 Å². The van der Waals surface area contributed by atoms with Gasteiger partial charge in [-0.3, -0.25) is 14.6 Å². The van der Waals surface area contributed by atoms with Crippen molar-refractivity contribution in [3.8, 4) is 0 Å². The third-order valence-electron chi connectivity index (χ3n) is 2.49. The summed E-state index contributed by atoms with van der Waals surface area (Å²) in [6, 6.07) is 10.8. The van der Waals surface area contributed by atoms with Crippen molar-refractivity contribution in [3.63, 3.8) is 0 Å². The van der Waals surface area contributed by atoms with E-state index in [9.17, 15) is 9.59 Å². The fourth-order valence-corrected chi connectivity index (χ4v) is 1.67. The Labute approximate surface area is 97.3 Å². The first-order valence-electron chi connectivity index (χ1n) is 5.24. The van der Waals surface area contributed by atoms with Crippen molar-refractivity contribution >= 4 is 5.97 Å². The van der Waals surface area contributed by atoms with Crippen molar-refractivity contribution in [2.45, 2.75) is 13.0 Å². The summed E-state index contributed by atoms with van der Waals surface area (Å²) in [5.74, 6) is -1.10. The van der Waals surface area contributed by atoms with E-state index in [4.69, 9.17) is 5.11 Å². The van der Waals surface area contributed by atoms with Gasteiger partial charge in [0.05, 0.1) is 0 Å². The van der Waals surface area contributed by atoms with E-state index >= 15 is 0 Å². The van der Waals surface area contributed by atoms with Gasteiger partial charge in [0.1, 0.15) is 5.69 Å². The van der Waals surface area contributed by atoms with Crippen LogP contribution in [0.15, 0.2) is 41.2 Å². The highest BCUT2D eigenvalue weighted by molar-refractivity contribution is 5.85. The number of carbonyl (C=O) groups is 1. The van der Waals surface area contributed by atoms with Crippen LogP contribution in [0.4, 0.5) is 0 Å². The molecule has 17 heavy (non-hydrogen) atoms. The highest BCUT2D eigenvalue weighted by Gasteiger charge is 2.11. The van der Waals surface area contributed by atoms with Crippen LogP contribution in [-0.4, -0.2) is 20.9 Å². The van der Waals surface area contributed by atoms with E-state index in [-0.39, 0.29) is 5.69 Å². The Kier molecular flexibility index (Phi) is 3.09. The van der Waals surface area contributed by atoms with Gasteiger partial charge in [-0.2, -0.15) is 0 Å². The van der Waals surface area contributed by atoms with Crippen LogP contribution in [0, 0.1) is 0 Å². The molecule has 2 aromatic rings. The molecule has 0 saturated carbocycles. The van der Waals surface area contributed by atoms with Gasteiger partial charge >= 0.3 is 5.97 Å². The Balaban J connectivity index is 2.14. The number of nitrogens with zero attached hydrogens (tertiary/aromatic N) is 1. The normalized spacial score (nSPS) is 10.4. The third kappa shape index (κ3) is 2.63. The number of aromatic carboxylic acids is 1. The number of hydrogen-bond acceptors (Lipinski definition) is 2. The molecule has 88 valence electrons. The van der Waals surface area contributed by atoms with Crippen LogP contribution in [0.3, 0.4) is 0 Å². The van der Waals surface area contributed by atoms with E-state index in [0.29, 0.717) is 13.0 Å². The summed E-state index contributed by atoms with van der Waals surface area (Å²) in [6.45, 7) is 0.438. The third-order valence-corrected chi connectivity index (χ3v) is 2.49. The number of rotatable bonds is 4. The standard InChI is InChI=1S/C12H12N2O3/c15-11-8-10(12(16)17)14(13-11)7-6-9-4-2-1-3-5-9/h1-5,8H,6-7H2,(H,13,15)(H,16,17). The molecule has 0 aliphatic heterocycles. The van der Waals surface area contributed by atoms with Crippen LogP contribution in [-0.2, 0) is 13.0 Å². The SMILES string of the molecule is O=C(O)c1cc(=O)[nH]n1CCc1ccccc1. The van der Waals surface area contributed by atoms with Crippen molar-refractivity contribution in [2.24, 2.45) is 0 Å². The number of H-pyrrole nitrogens is 1. The molecule has 0 bridgehead atoms. The molecule has 0 aliphatic rings. The number of aromatic nitrogens is 2. The van der Waals surface area contributed by atoms with Crippen molar-refractivity contribution in [3.05, 3.63) is 58.0 Å². The zero-order valence-corrected chi connectivity index (χ0v) is 9.09.